The first-order valence-electron chi connectivity index (χ1n) is 11.5. The molecule has 0 fully saturated rings. The molecule has 33 heavy (non-hydrogen) atoms. The molecule has 192 valence electrons. The van der Waals surface area contributed by atoms with Gasteiger partial charge in [0, 0.05) is 5.75 Å². The molecule has 0 aliphatic rings. The van der Waals surface area contributed by atoms with E-state index in [4.69, 9.17) is 17.2 Å². The van der Waals surface area contributed by atoms with Crippen LogP contribution in [0.15, 0.2) is 0 Å². The second kappa shape index (κ2) is 17.6. The van der Waals surface area contributed by atoms with E-state index in [-0.39, 0.29) is 24.5 Å². The maximum atomic E-state index is 12.8. The zero-order valence-corrected chi connectivity index (χ0v) is 20.6. The van der Waals surface area contributed by atoms with Crippen LogP contribution < -0.4 is 33.2 Å². The van der Waals surface area contributed by atoms with Gasteiger partial charge in [-0.25, -0.2) is 4.79 Å². The minimum atomic E-state index is -1.16. The Kier molecular flexibility index (Phi) is 16.6. The number of amides is 3. The molecule has 0 heterocycles. The van der Waals surface area contributed by atoms with E-state index in [1.807, 2.05) is 13.8 Å². The molecular formula is C21H42N6O5S. The third-order valence-electron chi connectivity index (χ3n) is 5.02. The SMILES string of the molecule is CC(C)CC(N)C(=O)NC(CS)C(=O)NC(CCCCN)C(=O)NC(CCCCN)C(=O)O. The zero-order chi connectivity index (χ0) is 25.4. The van der Waals surface area contributed by atoms with Crippen LogP contribution in [0, 0.1) is 5.92 Å². The summed E-state index contributed by atoms with van der Waals surface area (Å²) < 4.78 is 0. The summed E-state index contributed by atoms with van der Waals surface area (Å²) >= 11 is 4.14. The Balaban J connectivity index is 5.22. The summed E-state index contributed by atoms with van der Waals surface area (Å²) in [6, 6.07) is -3.84. The lowest BCUT2D eigenvalue weighted by Gasteiger charge is -2.25. The van der Waals surface area contributed by atoms with E-state index >= 15 is 0 Å². The Morgan fingerprint density at radius 1 is 0.788 bits per heavy atom. The first-order valence-corrected chi connectivity index (χ1v) is 12.1. The zero-order valence-electron chi connectivity index (χ0n) is 19.7. The van der Waals surface area contributed by atoms with E-state index in [0.29, 0.717) is 45.2 Å². The first kappa shape index (κ1) is 31.1. The van der Waals surface area contributed by atoms with E-state index in [9.17, 15) is 24.3 Å². The van der Waals surface area contributed by atoms with Gasteiger partial charge in [-0.15, -0.1) is 0 Å². The molecule has 0 spiro atoms. The highest BCUT2D eigenvalue weighted by molar-refractivity contribution is 7.80. The van der Waals surface area contributed by atoms with Crippen molar-refractivity contribution >= 4 is 36.3 Å². The average Bonchev–Trinajstić information content (AvgIpc) is 2.75. The van der Waals surface area contributed by atoms with Crippen LogP contribution in [0.1, 0.15) is 58.8 Å². The van der Waals surface area contributed by atoms with Crippen molar-refractivity contribution in [3.05, 3.63) is 0 Å². The van der Waals surface area contributed by atoms with Crippen LogP contribution in [0.3, 0.4) is 0 Å². The number of thiol groups is 1. The van der Waals surface area contributed by atoms with Gasteiger partial charge in [0.05, 0.1) is 6.04 Å². The normalized spacial score (nSPS) is 14.8. The van der Waals surface area contributed by atoms with Gasteiger partial charge in [-0.2, -0.15) is 12.6 Å². The minimum absolute atomic E-state index is 0.0000490. The first-order chi connectivity index (χ1) is 15.6. The summed E-state index contributed by atoms with van der Waals surface area (Å²) in [6.07, 6.45) is 3.32. The Morgan fingerprint density at radius 2 is 1.24 bits per heavy atom. The molecule has 4 unspecified atom stereocenters. The number of hydrogen-bond donors (Lipinski definition) is 8. The van der Waals surface area contributed by atoms with E-state index in [1.165, 1.54) is 0 Å². The highest BCUT2D eigenvalue weighted by Gasteiger charge is 2.29. The van der Waals surface area contributed by atoms with E-state index < -0.39 is 47.9 Å². The average molecular weight is 491 g/mol. The van der Waals surface area contributed by atoms with Gasteiger partial charge in [0.2, 0.25) is 17.7 Å². The number of rotatable bonds is 18. The number of carboxylic acids is 1. The molecule has 12 heteroatoms. The summed E-state index contributed by atoms with van der Waals surface area (Å²) in [4.78, 5) is 49.4. The van der Waals surface area contributed by atoms with Gasteiger partial charge in [-0.05, 0) is 64.0 Å². The number of carboxylic acid groups (broad SMARTS) is 1. The molecule has 0 bridgehead atoms. The summed E-state index contributed by atoms with van der Waals surface area (Å²) in [6.45, 7) is 4.71. The molecule has 0 saturated carbocycles. The molecule has 4 atom stereocenters. The predicted octanol–water partition coefficient (Wildman–Crippen LogP) is -0.913. The highest BCUT2D eigenvalue weighted by Crippen LogP contribution is 2.07. The lowest BCUT2D eigenvalue weighted by atomic mass is 10.0. The van der Waals surface area contributed by atoms with E-state index in [2.05, 4.69) is 28.6 Å². The Morgan fingerprint density at radius 3 is 1.70 bits per heavy atom. The highest BCUT2D eigenvalue weighted by atomic mass is 32.1. The molecule has 0 aliphatic heterocycles. The maximum absolute atomic E-state index is 12.8. The standard InChI is InChI=1S/C21H42N6O5S/c1-13(2)11-14(24)18(28)27-17(12-33)20(30)25-15(7-3-5-9-22)19(29)26-16(21(31)32)8-4-6-10-23/h13-17,33H,3-12,22-24H2,1-2H3,(H,25,30)(H,26,29)(H,27,28)(H,31,32). The van der Waals surface area contributed by atoms with Crippen molar-refractivity contribution in [1.82, 2.24) is 16.0 Å². The fourth-order valence-corrected chi connectivity index (χ4v) is 3.40. The molecule has 0 saturated heterocycles. The van der Waals surface area contributed by atoms with Crippen LogP contribution in [0.5, 0.6) is 0 Å². The molecule has 0 aromatic rings. The minimum Gasteiger partial charge on any atom is -0.480 e. The van der Waals surface area contributed by atoms with Crippen LogP contribution in [-0.4, -0.2) is 71.8 Å². The van der Waals surface area contributed by atoms with Gasteiger partial charge in [0.25, 0.3) is 0 Å². The van der Waals surface area contributed by atoms with Gasteiger partial charge in [-0.3, -0.25) is 14.4 Å². The fourth-order valence-electron chi connectivity index (χ4n) is 3.14. The molecule has 3 amide bonds. The third-order valence-corrected chi connectivity index (χ3v) is 5.38. The van der Waals surface area contributed by atoms with Gasteiger partial charge in [-0.1, -0.05) is 13.8 Å². The van der Waals surface area contributed by atoms with Crippen molar-refractivity contribution in [2.45, 2.75) is 83.0 Å². The number of unbranched alkanes of at least 4 members (excludes halogenated alkanes) is 2. The van der Waals surface area contributed by atoms with Crippen LogP contribution in [-0.2, 0) is 19.2 Å². The number of hydrogen-bond acceptors (Lipinski definition) is 8. The summed E-state index contributed by atoms with van der Waals surface area (Å²) in [5, 5.41) is 17.1. The summed E-state index contributed by atoms with van der Waals surface area (Å²) in [5.74, 6) is -2.64. The monoisotopic (exact) mass is 490 g/mol. The van der Waals surface area contributed by atoms with E-state index in [1.54, 1.807) is 0 Å². The smallest absolute Gasteiger partial charge is 0.326 e. The number of carbonyl (C=O) groups excluding carboxylic acids is 3. The van der Waals surface area contributed by atoms with Gasteiger partial charge in [0.1, 0.15) is 18.1 Å². The van der Waals surface area contributed by atoms with Gasteiger partial charge >= 0.3 is 5.97 Å². The Labute approximate surface area is 201 Å². The van der Waals surface area contributed by atoms with Crippen molar-refractivity contribution in [2.75, 3.05) is 18.8 Å². The molecule has 10 N–H and O–H groups in total. The molecule has 0 rings (SSSR count). The Hall–Kier alpha value is -1.89. The molecule has 0 aromatic heterocycles. The Bertz CT molecular complexity index is 622. The number of nitrogens with one attached hydrogen (secondary N) is 3. The van der Waals surface area contributed by atoms with Crippen LogP contribution in [0.2, 0.25) is 0 Å². The maximum Gasteiger partial charge on any atom is 0.326 e. The number of carbonyl (C=O) groups is 4. The van der Waals surface area contributed by atoms with Gasteiger partial charge in [0.15, 0.2) is 0 Å². The number of nitrogens with two attached hydrogens (primary N) is 3. The fraction of sp³-hybridized carbons (Fsp3) is 0.810. The molecular weight excluding hydrogens is 448 g/mol. The topological polar surface area (TPSA) is 203 Å². The van der Waals surface area contributed by atoms with Crippen molar-refractivity contribution in [3.63, 3.8) is 0 Å². The lowest BCUT2D eigenvalue weighted by Crippen LogP contribution is -2.57. The predicted molar refractivity (Wildman–Crippen MR) is 131 cm³/mol. The van der Waals surface area contributed by atoms with Crippen molar-refractivity contribution in [2.24, 2.45) is 23.1 Å². The third kappa shape index (κ3) is 13.4. The lowest BCUT2D eigenvalue weighted by molar-refractivity contribution is -0.142. The van der Waals surface area contributed by atoms with Gasteiger partial charge < -0.3 is 38.3 Å². The molecule has 11 nitrogen and oxygen atoms in total. The second-order valence-electron chi connectivity index (χ2n) is 8.51. The van der Waals surface area contributed by atoms with Crippen LogP contribution in [0.25, 0.3) is 0 Å². The quantitative estimate of drug-likeness (QED) is 0.0890. The molecule has 0 aromatic carbocycles. The summed E-state index contributed by atoms with van der Waals surface area (Å²) in [7, 11) is 0. The van der Waals surface area contributed by atoms with Crippen LogP contribution in [0.4, 0.5) is 0 Å². The van der Waals surface area contributed by atoms with Crippen LogP contribution >= 0.6 is 12.6 Å². The largest absolute Gasteiger partial charge is 0.480 e. The van der Waals surface area contributed by atoms with Crippen molar-refractivity contribution in [1.29, 1.82) is 0 Å². The summed E-state index contributed by atoms with van der Waals surface area (Å²) in [5.41, 5.74) is 16.8. The molecule has 0 radical (unpaired) electrons. The van der Waals surface area contributed by atoms with Crippen molar-refractivity contribution < 1.29 is 24.3 Å². The van der Waals surface area contributed by atoms with E-state index in [0.717, 1.165) is 0 Å². The van der Waals surface area contributed by atoms with Crippen molar-refractivity contribution in [3.8, 4) is 0 Å². The molecule has 0 aliphatic carbocycles. The number of aliphatic carboxylic acids is 1. The second-order valence-corrected chi connectivity index (χ2v) is 8.87.